The molecule has 3 heterocycles. The SMILES string of the molecule is N#C[C@H]1CCCN(Cc2cnc(-c3ccccn3)nc2)C1. The van der Waals surface area contributed by atoms with Crippen LogP contribution in [0.5, 0.6) is 0 Å². The van der Waals surface area contributed by atoms with Crippen molar-refractivity contribution in [3.8, 4) is 17.6 Å². The summed E-state index contributed by atoms with van der Waals surface area (Å²) in [6.07, 6.45) is 7.55. The zero-order chi connectivity index (χ0) is 14.5. The van der Waals surface area contributed by atoms with Gasteiger partial charge >= 0.3 is 0 Å². The molecular weight excluding hydrogens is 262 g/mol. The molecule has 0 N–H and O–H groups in total. The third kappa shape index (κ3) is 3.41. The molecular formula is C16H17N5. The molecule has 0 amide bonds. The Morgan fingerprint density at radius 1 is 1.24 bits per heavy atom. The second-order valence-corrected chi connectivity index (χ2v) is 5.33. The summed E-state index contributed by atoms with van der Waals surface area (Å²) >= 11 is 0. The van der Waals surface area contributed by atoms with E-state index in [1.54, 1.807) is 6.20 Å². The Labute approximate surface area is 124 Å². The molecule has 1 saturated heterocycles. The predicted molar refractivity (Wildman–Crippen MR) is 78.9 cm³/mol. The highest BCUT2D eigenvalue weighted by molar-refractivity contribution is 5.47. The maximum Gasteiger partial charge on any atom is 0.178 e. The summed E-state index contributed by atoms with van der Waals surface area (Å²) in [6.45, 7) is 2.69. The number of aromatic nitrogens is 3. The van der Waals surface area contributed by atoms with Crippen LogP contribution in [0.2, 0.25) is 0 Å². The molecule has 0 radical (unpaired) electrons. The maximum absolute atomic E-state index is 9.03. The zero-order valence-corrected chi connectivity index (χ0v) is 11.8. The summed E-state index contributed by atoms with van der Waals surface area (Å²) < 4.78 is 0. The lowest BCUT2D eigenvalue weighted by molar-refractivity contribution is 0.192. The van der Waals surface area contributed by atoms with E-state index in [1.165, 1.54) is 0 Å². The van der Waals surface area contributed by atoms with E-state index in [-0.39, 0.29) is 5.92 Å². The summed E-state index contributed by atoms with van der Waals surface area (Å²) in [5.41, 5.74) is 1.86. The molecule has 5 nitrogen and oxygen atoms in total. The van der Waals surface area contributed by atoms with Gasteiger partial charge in [-0.3, -0.25) is 9.88 Å². The quantitative estimate of drug-likeness (QED) is 0.862. The van der Waals surface area contributed by atoms with E-state index in [4.69, 9.17) is 5.26 Å². The molecule has 2 aromatic rings. The molecule has 0 spiro atoms. The Hall–Kier alpha value is -2.32. The molecule has 21 heavy (non-hydrogen) atoms. The van der Waals surface area contributed by atoms with E-state index < -0.39 is 0 Å². The van der Waals surface area contributed by atoms with E-state index in [0.717, 1.165) is 43.7 Å². The fraction of sp³-hybridized carbons (Fsp3) is 0.375. The van der Waals surface area contributed by atoms with Gasteiger partial charge in [0.15, 0.2) is 5.82 Å². The van der Waals surface area contributed by atoms with Crippen molar-refractivity contribution in [3.63, 3.8) is 0 Å². The van der Waals surface area contributed by atoms with Crippen molar-refractivity contribution < 1.29 is 0 Å². The molecule has 3 rings (SSSR count). The average Bonchev–Trinajstić information content (AvgIpc) is 2.56. The molecule has 1 atom stereocenters. The number of hydrogen-bond donors (Lipinski definition) is 0. The monoisotopic (exact) mass is 279 g/mol. The van der Waals surface area contributed by atoms with Crippen LogP contribution in [0.15, 0.2) is 36.8 Å². The average molecular weight is 279 g/mol. The van der Waals surface area contributed by atoms with Crippen LogP contribution >= 0.6 is 0 Å². The number of likely N-dealkylation sites (tertiary alicyclic amines) is 1. The highest BCUT2D eigenvalue weighted by Crippen LogP contribution is 2.18. The Morgan fingerprint density at radius 2 is 2.10 bits per heavy atom. The molecule has 0 bridgehead atoms. The first-order chi connectivity index (χ1) is 10.3. The van der Waals surface area contributed by atoms with E-state index in [1.807, 2.05) is 30.6 Å². The Kier molecular flexibility index (Phi) is 4.17. The minimum Gasteiger partial charge on any atom is -0.298 e. The zero-order valence-electron chi connectivity index (χ0n) is 11.8. The van der Waals surface area contributed by atoms with Crippen LogP contribution in [0.1, 0.15) is 18.4 Å². The largest absolute Gasteiger partial charge is 0.298 e. The first kappa shape index (κ1) is 13.7. The van der Waals surface area contributed by atoms with Crippen LogP contribution in [0.3, 0.4) is 0 Å². The molecule has 0 saturated carbocycles. The molecule has 5 heteroatoms. The van der Waals surface area contributed by atoms with Crippen LogP contribution < -0.4 is 0 Å². The van der Waals surface area contributed by atoms with Gasteiger partial charge in [0.1, 0.15) is 5.69 Å². The minimum absolute atomic E-state index is 0.160. The lowest BCUT2D eigenvalue weighted by Crippen LogP contribution is -2.34. The Balaban J connectivity index is 1.66. The fourth-order valence-electron chi connectivity index (χ4n) is 2.63. The van der Waals surface area contributed by atoms with Crippen LogP contribution in [0, 0.1) is 17.2 Å². The summed E-state index contributed by atoms with van der Waals surface area (Å²) in [6, 6.07) is 8.07. The van der Waals surface area contributed by atoms with E-state index in [2.05, 4.69) is 25.9 Å². The van der Waals surface area contributed by atoms with Crippen LogP contribution in [0.25, 0.3) is 11.5 Å². The molecule has 0 aliphatic carbocycles. The number of rotatable bonds is 3. The third-order valence-corrected chi connectivity index (χ3v) is 3.69. The topological polar surface area (TPSA) is 65.7 Å². The molecule has 1 aliphatic heterocycles. The summed E-state index contributed by atoms with van der Waals surface area (Å²) in [4.78, 5) is 15.3. The summed E-state index contributed by atoms with van der Waals surface area (Å²) in [5.74, 6) is 0.806. The third-order valence-electron chi connectivity index (χ3n) is 3.69. The van der Waals surface area contributed by atoms with E-state index >= 15 is 0 Å². The summed E-state index contributed by atoms with van der Waals surface area (Å²) in [7, 11) is 0. The fourth-order valence-corrected chi connectivity index (χ4v) is 2.63. The Bertz CT molecular complexity index is 617. The van der Waals surface area contributed by atoms with Crippen LogP contribution in [0.4, 0.5) is 0 Å². The van der Waals surface area contributed by atoms with Crippen molar-refractivity contribution in [2.45, 2.75) is 19.4 Å². The lowest BCUT2D eigenvalue weighted by atomic mass is 9.99. The second kappa shape index (κ2) is 6.42. The van der Waals surface area contributed by atoms with Crippen molar-refractivity contribution >= 4 is 0 Å². The van der Waals surface area contributed by atoms with Gasteiger partial charge in [-0.25, -0.2) is 9.97 Å². The van der Waals surface area contributed by atoms with Gasteiger partial charge in [0.2, 0.25) is 0 Å². The minimum atomic E-state index is 0.160. The van der Waals surface area contributed by atoms with Gasteiger partial charge in [-0.1, -0.05) is 6.07 Å². The second-order valence-electron chi connectivity index (χ2n) is 5.33. The lowest BCUT2D eigenvalue weighted by Gasteiger charge is -2.29. The van der Waals surface area contributed by atoms with Crippen LogP contribution in [-0.4, -0.2) is 32.9 Å². The number of piperidine rings is 1. The van der Waals surface area contributed by atoms with E-state index in [0.29, 0.717) is 5.82 Å². The van der Waals surface area contributed by atoms with Crippen molar-refractivity contribution in [1.29, 1.82) is 5.26 Å². The first-order valence-electron chi connectivity index (χ1n) is 7.19. The van der Waals surface area contributed by atoms with E-state index in [9.17, 15) is 0 Å². The van der Waals surface area contributed by atoms with Gasteiger partial charge in [0, 0.05) is 37.2 Å². The van der Waals surface area contributed by atoms with Gasteiger partial charge in [-0.15, -0.1) is 0 Å². The number of nitrogens with zero attached hydrogens (tertiary/aromatic N) is 5. The number of nitriles is 1. The molecule has 1 fully saturated rings. The van der Waals surface area contributed by atoms with Gasteiger partial charge < -0.3 is 0 Å². The van der Waals surface area contributed by atoms with Gasteiger partial charge in [-0.05, 0) is 31.5 Å². The van der Waals surface area contributed by atoms with Gasteiger partial charge in [0.05, 0.1) is 12.0 Å². The molecule has 0 aromatic carbocycles. The first-order valence-corrected chi connectivity index (χ1v) is 7.19. The molecule has 2 aromatic heterocycles. The van der Waals surface area contributed by atoms with Crippen molar-refractivity contribution in [1.82, 2.24) is 19.9 Å². The van der Waals surface area contributed by atoms with Crippen LogP contribution in [-0.2, 0) is 6.54 Å². The maximum atomic E-state index is 9.03. The predicted octanol–water partition coefficient (Wildman–Crippen LogP) is 2.27. The smallest absolute Gasteiger partial charge is 0.178 e. The molecule has 0 unspecified atom stereocenters. The Morgan fingerprint density at radius 3 is 2.81 bits per heavy atom. The molecule has 106 valence electrons. The van der Waals surface area contributed by atoms with Gasteiger partial charge in [-0.2, -0.15) is 5.26 Å². The van der Waals surface area contributed by atoms with Crippen molar-refractivity contribution in [2.75, 3.05) is 13.1 Å². The highest BCUT2D eigenvalue weighted by Gasteiger charge is 2.19. The standard InChI is InChI=1S/C16H17N5/c17-8-13-4-3-7-21(11-13)12-14-9-19-16(20-10-14)15-5-1-2-6-18-15/h1-2,5-6,9-10,13H,3-4,7,11-12H2/t13-/m1/s1. The van der Waals surface area contributed by atoms with Crippen molar-refractivity contribution in [3.05, 3.63) is 42.4 Å². The summed E-state index contributed by atoms with van der Waals surface area (Å²) in [5, 5.41) is 9.03. The molecule has 1 aliphatic rings. The number of hydrogen-bond acceptors (Lipinski definition) is 5. The number of pyridine rings is 1. The normalized spacial score (nSPS) is 19.1. The van der Waals surface area contributed by atoms with Crippen molar-refractivity contribution in [2.24, 2.45) is 5.92 Å². The highest BCUT2D eigenvalue weighted by atomic mass is 15.1. The van der Waals surface area contributed by atoms with Gasteiger partial charge in [0.25, 0.3) is 0 Å².